The molecule has 332 valence electrons. The van der Waals surface area contributed by atoms with Gasteiger partial charge in [-0.25, -0.2) is 4.70 Å². The van der Waals surface area contributed by atoms with Gasteiger partial charge in [-0.3, -0.25) is 0 Å². The Kier molecular flexibility index (Phi) is 34.4. The standard InChI is InChI=1S/C45H70N2.2C4H10N.Ni/c1-8-14-19-21-22-24-28-39-34-41(33-38(26-17-11-4)43(39)29-18-12-5)45-35(7)30-44(47(45)46)40-31-36(25-16-10-3)42(13-6)37(32-40)27-23-20-15-9-2;2*1-3-5-4-2;/h30-34H,8-29H2,1-7H3;2*3-4H2,1-2H3;/q;2*-1;+2. The van der Waals surface area contributed by atoms with Crippen molar-refractivity contribution in [1.29, 1.82) is 0 Å². The Balaban J connectivity index is 0.00000263. The molecule has 0 N–H and O–H groups in total. The summed E-state index contributed by atoms with van der Waals surface area (Å²) in [5, 5.41) is 7.94. The zero-order chi connectivity index (χ0) is 42.3. The van der Waals surface area contributed by atoms with Crippen molar-refractivity contribution in [1.82, 2.24) is 0 Å². The number of aryl methyl sites for hydroxylation is 4. The van der Waals surface area contributed by atoms with Gasteiger partial charge in [0.05, 0.1) is 0 Å². The van der Waals surface area contributed by atoms with Crippen molar-refractivity contribution < 1.29 is 21.2 Å². The van der Waals surface area contributed by atoms with Gasteiger partial charge in [0.1, 0.15) is 0 Å². The minimum Gasteiger partial charge on any atom is -0.663 e. The first-order chi connectivity index (χ1) is 27.8. The molecule has 0 aromatic heterocycles. The summed E-state index contributed by atoms with van der Waals surface area (Å²) in [4.78, 5) is 0. The molecule has 1 heterocycles. The van der Waals surface area contributed by atoms with E-state index in [2.05, 4.69) is 89.4 Å². The Morgan fingerprint density at radius 2 is 0.810 bits per heavy atom. The number of rotatable bonds is 28. The number of nitrogens with zero attached hydrogens (tertiary/aromatic N) is 4. The Labute approximate surface area is 371 Å². The molecule has 0 bridgehead atoms. The summed E-state index contributed by atoms with van der Waals surface area (Å²) in [6.07, 6.45) is 29.4. The van der Waals surface area contributed by atoms with Crippen molar-refractivity contribution in [2.75, 3.05) is 26.2 Å². The fraction of sp³-hybridized carbons (Fsp3) is 0.698. The number of hydrogen-bond acceptors (Lipinski definition) is 0. The molecule has 2 aromatic rings. The summed E-state index contributed by atoms with van der Waals surface area (Å²) in [6.45, 7) is 28.1. The second-order valence-electron chi connectivity index (χ2n) is 16.1. The molecule has 2 aromatic carbocycles. The van der Waals surface area contributed by atoms with Gasteiger partial charge in [0.25, 0.3) is 0 Å². The first-order valence-electron chi connectivity index (χ1n) is 24.2. The van der Waals surface area contributed by atoms with E-state index < -0.39 is 0 Å². The molecule has 0 aliphatic carbocycles. The SMILES string of the molecule is CCCCCCCCc1cc(C2=C(C)C=C(c3cc(CCCC)c(CC)c(CCCCCC)c3)[N+]2=[N-])cc(CCCC)c1CCCC.CC[N-]CC.CC[N-]CC.[Ni+2]. The molecule has 0 unspecified atom stereocenters. The van der Waals surface area contributed by atoms with Crippen LogP contribution in [-0.2, 0) is 55.0 Å². The molecule has 1 aliphatic heterocycles. The van der Waals surface area contributed by atoms with Gasteiger partial charge < -0.3 is 16.2 Å². The topological polar surface area (TPSA) is 53.5 Å². The second kappa shape index (κ2) is 35.7. The maximum absolute atomic E-state index is 12.0. The average molecular weight is 842 g/mol. The number of hydrogen-bond donors (Lipinski definition) is 0. The normalized spacial score (nSPS) is 12.2. The summed E-state index contributed by atoms with van der Waals surface area (Å²) < 4.78 is 1.54. The molecular weight excluding hydrogens is 751 g/mol. The fourth-order valence-corrected chi connectivity index (χ4v) is 8.10. The molecule has 0 amide bonds. The summed E-state index contributed by atoms with van der Waals surface area (Å²) >= 11 is 0. The van der Waals surface area contributed by atoms with Crippen LogP contribution in [0, 0.1) is 0 Å². The molecule has 3 rings (SSSR count). The maximum atomic E-state index is 12.0. The average Bonchev–Trinajstić information content (AvgIpc) is 3.52. The van der Waals surface area contributed by atoms with Gasteiger partial charge in [-0.1, -0.05) is 140 Å². The number of unbranched alkanes of at least 4 members (excludes halogenated alkanes) is 11. The van der Waals surface area contributed by atoms with Gasteiger partial charge >= 0.3 is 16.5 Å². The summed E-state index contributed by atoms with van der Waals surface area (Å²) in [5.41, 5.74) is 26.7. The Bertz CT molecular complexity index is 1430. The smallest absolute Gasteiger partial charge is 0.663 e. The van der Waals surface area contributed by atoms with Crippen molar-refractivity contribution in [3.8, 4) is 0 Å². The van der Waals surface area contributed by atoms with Gasteiger partial charge in [0.15, 0.2) is 0 Å². The molecular formula is C53H90N4Ni. The van der Waals surface area contributed by atoms with Crippen molar-refractivity contribution in [2.45, 2.75) is 217 Å². The largest absolute Gasteiger partial charge is 2.00 e. The van der Waals surface area contributed by atoms with Crippen LogP contribution in [0.25, 0.3) is 27.6 Å². The molecule has 1 aliphatic rings. The Morgan fingerprint density at radius 3 is 1.22 bits per heavy atom. The maximum Gasteiger partial charge on any atom is 2.00 e. The van der Waals surface area contributed by atoms with Gasteiger partial charge in [-0.05, 0) is 135 Å². The number of benzene rings is 2. The van der Waals surface area contributed by atoms with E-state index in [1.165, 1.54) is 143 Å². The van der Waals surface area contributed by atoms with Gasteiger partial charge in [-0.2, -0.15) is 26.2 Å². The Morgan fingerprint density at radius 1 is 0.448 bits per heavy atom. The van der Waals surface area contributed by atoms with Crippen LogP contribution in [0.5, 0.6) is 0 Å². The molecule has 0 atom stereocenters. The van der Waals surface area contributed by atoms with E-state index in [1.807, 2.05) is 27.7 Å². The van der Waals surface area contributed by atoms with Crippen LogP contribution in [0.3, 0.4) is 0 Å². The molecule has 0 fully saturated rings. The van der Waals surface area contributed by atoms with Crippen LogP contribution in [0.4, 0.5) is 0 Å². The van der Waals surface area contributed by atoms with Gasteiger partial charge in [0.2, 0.25) is 11.4 Å². The van der Waals surface area contributed by atoms with E-state index >= 15 is 0 Å². The predicted octanol–water partition coefficient (Wildman–Crippen LogP) is 16.9. The zero-order valence-electron chi connectivity index (χ0n) is 39.9. The third-order valence-electron chi connectivity index (χ3n) is 11.3. The van der Waals surface area contributed by atoms with E-state index in [0.29, 0.717) is 0 Å². The van der Waals surface area contributed by atoms with E-state index in [0.717, 1.165) is 75.3 Å². The Hall–Kier alpha value is -2.07. The predicted molar refractivity (Wildman–Crippen MR) is 256 cm³/mol. The molecule has 0 spiro atoms. The minimum atomic E-state index is 0. The van der Waals surface area contributed by atoms with Crippen LogP contribution < -0.4 is 0 Å². The first kappa shape index (κ1) is 55.9. The van der Waals surface area contributed by atoms with Crippen molar-refractivity contribution in [3.63, 3.8) is 0 Å². The fourth-order valence-electron chi connectivity index (χ4n) is 8.10. The first-order valence-corrected chi connectivity index (χ1v) is 24.2. The third-order valence-corrected chi connectivity index (χ3v) is 11.3. The van der Waals surface area contributed by atoms with Crippen LogP contribution in [0.1, 0.15) is 223 Å². The van der Waals surface area contributed by atoms with Gasteiger partial charge in [0, 0.05) is 22.8 Å². The zero-order valence-corrected chi connectivity index (χ0v) is 40.9. The molecule has 4 nitrogen and oxygen atoms in total. The molecule has 0 saturated heterocycles. The molecule has 5 heteroatoms. The van der Waals surface area contributed by atoms with Gasteiger partial charge in [-0.15, -0.1) is 0 Å². The quantitative estimate of drug-likeness (QED) is 0.0466. The molecule has 0 radical (unpaired) electrons. The molecule has 0 saturated carbocycles. The summed E-state index contributed by atoms with van der Waals surface area (Å²) in [5.74, 6) is 0. The summed E-state index contributed by atoms with van der Waals surface area (Å²) in [6, 6.07) is 9.71. The van der Waals surface area contributed by atoms with Crippen molar-refractivity contribution >= 4 is 11.4 Å². The molecule has 58 heavy (non-hydrogen) atoms. The van der Waals surface area contributed by atoms with E-state index in [1.54, 1.807) is 15.8 Å². The number of allylic oxidation sites excluding steroid dienone is 2. The van der Waals surface area contributed by atoms with Crippen LogP contribution >= 0.6 is 0 Å². The van der Waals surface area contributed by atoms with E-state index in [-0.39, 0.29) is 16.5 Å². The van der Waals surface area contributed by atoms with Crippen molar-refractivity contribution in [3.05, 3.63) is 96.6 Å². The third kappa shape index (κ3) is 20.5. The van der Waals surface area contributed by atoms with E-state index in [4.69, 9.17) is 0 Å². The van der Waals surface area contributed by atoms with Crippen LogP contribution in [-0.4, -0.2) is 30.9 Å². The van der Waals surface area contributed by atoms with Crippen LogP contribution in [0.2, 0.25) is 0 Å². The second-order valence-corrected chi connectivity index (χ2v) is 16.1. The minimum absolute atomic E-state index is 0. The van der Waals surface area contributed by atoms with E-state index in [9.17, 15) is 5.53 Å². The monoisotopic (exact) mass is 841 g/mol. The van der Waals surface area contributed by atoms with Crippen molar-refractivity contribution in [2.24, 2.45) is 0 Å². The summed E-state index contributed by atoms with van der Waals surface area (Å²) in [7, 11) is 0. The van der Waals surface area contributed by atoms with Crippen LogP contribution in [0.15, 0.2) is 35.9 Å².